The molecule has 1 N–H and O–H groups in total. The van der Waals surface area contributed by atoms with Crippen molar-refractivity contribution in [2.75, 3.05) is 5.32 Å². The zero-order valence-electron chi connectivity index (χ0n) is 11.5. The molecule has 0 bridgehead atoms. The molecule has 7 nitrogen and oxygen atoms in total. The van der Waals surface area contributed by atoms with Gasteiger partial charge < -0.3 is 0 Å². The Balaban J connectivity index is 1.66. The van der Waals surface area contributed by atoms with Crippen molar-refractivity contribution in [3.8, 4) is 0 Å². The molecule has 0 fully saturated rings. The first-order valence-electron chi connectivity index (χ1n) is 6.45. The molecule has 106 valence electrons. The molecule has 7 heteroatoms. The van der Waals surface area contributed by atoms with Crippen LogP contribution in [0.1, 0.15) is 16.1 Å². The number of anilines is 1. The fourth-order valence-electron chi connectivity index (χ4n) is 1.90. The molecule has 0 spiro atoms. The monoisotopic (exact) mass is 282 g/mol. The molecule has 1 amide bonds. The Morgan fingerprint density at radius 3 is 2.71 bits per heavy atom. The molecule has 0 saturated carbocycles. The summed E-state index contributed by atoms with van der Waals surface area (Å²) in [6, 6.07) is 11.5. The van der Waals surface area contributed by atoms with E-state index in [1.54, 1.807) is 35.0 Å². The van der Waals surface area contributed by atoms with Crippen molar-refractivity contribution in [2.24, 2.45) is 7.05 Å². The Hall–Kier alpha value is -2.96. The molecule has 0 saturated heterocycles. The predicted molar refractivity (Wildman–Crippen MR) is 76.7 cm³/mol. The van der Waals surface area contributed by atoms with E-state index in [1.165, 1.54) is 0 Å². The van der Waals surface area contributed by atoms with Gasteiger partial charge in [-0.15, -0.1) is 5.10 Å². The second kappa shape index (κ2) is 5.58. The third kappa shape index (κ3) is 3.14. The molecular formula is C14H14N6O. The van der Waals surface area contributed by atoms with Crippen molar-refractivity contribution in [2.45, 2.75) is 6.54 Å². The van der Waals surface area contributed by atoms with Crippen molar-refractivity contribution in [3.05, 3.63) is 60.2 Å². The van der Waals surface area contributed by atoms with E-state index in [2.05, 4.69) is 20.5 Å². The van der Waals surface area contributed by atoms with E-state index in [0.29, 0.717) is 12.2 Å². The highest BCUT2D eigenvalue weighted by Crippen LogP contribution is 2.05. The van der Waals surface area contributed by atoms with Crippen LogP contribution >= 0.6 is 0 Å². The molecule has 0 aliphatic heterocycles. The quantitative estimate of drug-likeness (QED) is 0.782. The summed E-state index contributed by atoms with van der Waals surface area (Å²) in [5.41, 5.74) is 1.45. The van der Waals surface area contributed by atoms with Gasteiger partial charge in [-0.05, 0) is 11.6 Å². The lowest BCUT2D eigenvalue weighted by atomic mass is 10.2. The molecule has 2 aromatic heterocycles. The number of carbonyl (C=O) groups excluding carboxylic acids is 1. The van der Waals surface area contributed by atoms with Crippen LogP contribution in [-0.2, 0) is 13.6 Å². The number of aryl methyl sites for hydroxylation is 1. The molecule has 0 aliphatic carbocycles. The van der Waals surface area contributed by atoms with Crippen LogP contribution in [0.25, 0.3) is 0 Å². The van der Waals surface area contributed by atoms with Crippen LogP contribution in [-0.4, -0.2) is 30.5 Å². The van der Waals surface area contributed by atoms with Gasteiger partial charge in [-0.3, -0.25) is 14.8 Å². The predicted octanol–water partition coefficient (Wildman–Crippen LogP) is 1.31. The summed E-state index contributed by atoms with van der Waals surface area (Å²) in [6.45, 7) is 0.604. The van der Waals surface area contributed by atoms with Crippen LogP contribution in [0.3, 0.4) is 0 Å². The summed E-state index contributed by atoms with van der Waals surface area (Å²) >= 11 is 0. The van der Waals surface area contributed by atoms with E-state index >= 15 is 0 Å². The molecule has 21 heavy (non-hydrogen) atoms. The van der Waals surface area contributed by atoms with Gasteiger partial charge in [-0.2, -0.15) is 5.10 Å². The number of carbonyl (C=O) groups is 1. The maximum absolute atomic E-state index is 11.9. The average molecular weight is 282 g/mol. The Labute approximate surface area is 121 Å². The third-order valence-corrected chi connectivity index (χ3v) is 2.90. The fourth-order valence-corrected chi connectivity index (χ4v) is 1.90. The number of nitrogens with zero attached hydrogens (tertiary/aromatic N) is 5. The summed E-state index contributed by atoms with van der Waals surface area (Å²) in [5.74, 6) is -0.0605. The summed E-state index contributed by atoms with van der Waals surface area (Å²) in [6.07, 6.45) is 3.29. The second-order valence-corrected chi connectivity index (χ2v) is 4.58. The molecule has 1 aromatic carbocycles. The lowest BCUT2D eigenvalue weighted by molar-refractivity contribution is 0.102. The zero-order valence-corrected chi connectivity index (χ0v) is 11.5. The number of benzene rings is 1. The van der Waals surface area contributed by atoms with Crippen molar-refractivity contribution in [1.29, 1.82) is 0 Å². The van der Waals surface area contributed by atoms with Gasteiger partial charge in [-0.1, -0.05) is 30.3 Å². The van der Waals surface area contributed by atoms with Gasteiger partial charge >= 0.3 is 0 Å². The number of hydrogen-bond acceptors (Lipinski definition) is 4. The molecule has 3 aromatic rings. The topological polar surface area (TPSA) is 77.6 Å². The minimum absolute atomic E-state index is 0.265. The van der Waals surface area contributed by atoms with E-state index in [-0.39, 0.29) is 11.9 Å². The number of hydrogen-bond donors (Lipinski definition) is 1. The number of amides is 1. The van der Waals surface area contributed by atoms with Crippen LogP contribution in [0.5, 0.6) is 0 Å². The normalized spacial score (nSPS) is 10.5. The highest BCUT2D eigenvalue weighted by atomic mass is 16.2. The van der Waals surface area contributed by atoms with Crippen molar-refractivity contribution in [3.63, 3.8) is 0 Å². The first-order valence-corrected chi connectivity index (χ1v) is 6.45. The minimum Gasteiger partial charge on any atom is -0.288 e. The maximum Gasteiger partial charge on any atom is 0.278 e. The largest absolute Gasteiger partial charge is 0.288 e. The van der Waals surface area contributed by atoms with Crippen LogP contribution in [0.2, 0.25) is 0 Å². The van der Waals surface area contributed by atoms with Crippen molar-refractivity contribution in [1.82, 2.24) is 24.5 Å². The highest BCUT2D eigenvalue weighted by Gasteiger charge is 2.11. The van der Waals surface area contributed by atoms with Crippen molar-refractivity contribution >= 4 is 11.9 Å². The number of aromatic nitrogens is 5. The molecule has 0 unspecified atom stereocenters. The average Bonchev–Trinajstić information content (AvgIpc) is 3.09. The van der Waals surface area contributed by atoms with Gasteiger partial charge in [0.2, 0.25) is 5.95 Å². The van der Waals surface area contributed by atoms with Crippen LogP contribution < -0.4 is 5.32 Å². The van der Waals surface area contributed by atoms with E-state index < -0.39 is 0 Å². The first-order chi connectivity index (χ1) is 10.2. The number of rotatable bonds is 4. The molecule has 0 aliphatic rings. The van der Waals surface area contributed by atoms with E-state index in [1.807, 2.05) is 30.3 Å². The third-order valence-electron chi connectivity index (χ3n) is 2.90. The first kappa shape index (κ1) is 13.0. The fraction of sp³-hybridized carbons (Fsp3) is 0.143. The maximum atomic E-state index is 11.9. The molecule has 2 heterocycles. The van der Waals surface area contributed by atoms with Crippen LogP contribution in [0, 0.1) is 0 Å². The SMILES string of the molecule is Cn1ccc(C(=O)Nc2ncn(Cc3ccccc3)n2)n1. The van der Waals surface area contributed by atoms with E-state index in [4.69, 9.17) is 0 Å². The Kier molecular flexibility index (Phi) is 3.46. The molecule has 3 rings (SSSR count). The summed E-state index contributed by atoms with van der Waals surface area (Å²) in [7, 11) is 1.75. The minimum atomic E-state index is -0.326. The summed E-state index contributed by atoms with van der Waals surface area (Å²) in [5, 5.41) is 10.9. The zero-order chi connectivity index (χ0) is 14.7. The lowest BCUT2D eigenvalue weighted by Gasteiger charge is -2.00. The Morgan fingerprint density at radius 1 is 1.19 bits per heavy atom. The molecule has 0 atom stereocenters. The van der Waals surface area contributed by atoms with Gasteiger partial charge in [0.05, 0.1) is 6.54 Å². The van der Waals surface area contributed by atoms with Gasteiger partial charge in [0.1, 0.15) is 6.33 Å². The Bertz CT molecular complexity index is 746. The van der Waals surface area contributed by atoms with Crippen molar-refractivity contribution < 1.29 is 4.79 Å². The van der Waals surface area contributed by atoms with Gasteiger partial charge in [0.25, 0.3) is 5.91 Å². The Morgan fingerprint density at radius 2 is 2.00 bits per heavy atom. The van der Waals surface area contributed by atoms with Crippen LogP contribution in [0.4, 0.5) is 5.95 Å². The highest BCUT2D eigenvalue weighted by molar-refractivity contribution is 6.01. The summed E-state index contributed by atoms with van der Waals surface area (Å²) < 4.78 is 3.24. The molecule has 0 radical (unpaired) electrons. The van der Waals surface area contributed by atoms with Crippen LogP contribution in [0.15, 0.2) is 48.9 Å². The van der Waals surface area contributed by atoms with E-state index in [9.17, 15) is 4.79 Å². The smallest absolute Gasteiger partial charge is 0.278 e. The lowest BCUT2D eigenvalue weighted by Crippen LogP contribution is -2.14. The van der Waals surface area contributed by atoms with Gasteiger partial charge in [0, 0.05) is 13.2 Å². The van der Waals surface area contributed by atoms with Gasteiger partial charge in [-0.25, -0.2) is 9.67 Å². The van der Waals surface area contributed by atoms with E-state index in [0.717, 1.165) is 5.56 Å². The standard InChI is InChI=1S/C14H14N6O/c1-19-8-7-12(17-19)13(21)16-14-15-10-20(18-14)9-11-5-3-2-4-6-11/h2-8,10H,9H2,1H3,(H,16,18,21). The van der Waals surface area contributed by atoms with Gasteiger partial charge in [0.15, 0.2) is 5.69 Å². The summed E-state index contributed by atoms with van der Waals surface area (Å²) in [4.78, 5) is 16.0. The molecular weight excluding hydrogens is 268 g/mol. The number of nitrogens with one attached hydrogen (secondary N) is 1. The second-order valence-electron chi connectivity index (χ2n) is 4.58.